The summed E-state index contributed by atoms with van der Waals surface area (Å²) < 4.78 is 5.08. The first-order valence-electron chi connectivity index (χ1n) is 9.17. The molecule has 0 aliphatic carbocycles. The number of hydrogen-bond acceptors (Lipinski definition) is 5. The molecule has 0 saturated carbocycles. The number of rotatable bonds is 6. The van der Waals surface area contributed by atoms with Gasteiger partial charge in [-0.25, -0.2) is 4.79 Å². The maximum absolute atomic E-state index is 11.8. The molecule has 1 heterocycles. The molecule has 1 aliphatic heterocycles. The summed E-state index contributed by atoms with van der Waals surface area (Å²) in [6, 6.07) is 14.5. The van der Waals surface area contributed by atoms with E-state index < -0.39 is 18.3 Å². The second kappa shape index (κ2) is 8.86. The fraction of sp³-hybridized carbons (Fsp3) is 0.333. The second-order valence-electron chi connectivity index (χ2n) is 6.76. The standard InChI is InChI=1S/C21H24N2O5/c1-14(24)23-10-9-16-11-17(7-8-18(16)23)20(26)19(25)12-22-21(27)28-13-15-5-3-2-4-6-15/h2-8,11,19-20,25-26H,9-10,12-13H2,1H3,(H,22,27). The molecule has 0 aromatic heterocycles. The quantitative estimate of drug-likeness (QED) is 0.707. The van der Waals surface area contributed by atoms with Gasteiger partial charge >= 0.3 is 6.09 Å². The van der Waals surface area contributed by atoms with E-state index in [0.29, 0.717) is 18.5 Å². The predicted molar refractivity (Wildman–Crippen MR) is 104 cm³/mol. The number of carbonyl (C=O) groups is 2. The zero-order valence-corrected chi connectivity index (χ0v) is 15.7. The number of ether oxygens (including phenoxy) is 1. The Labute approximate surface area is 163 Å². The topological polar surface area (TPSA) is 99.1 Å². The summed E-state index contributed by atoms with van der Waals surface area (Å²) in [7, 11) is 0. The lowest BCUT2D eigenvalue weighted by atomic mass is 10.0. The highest BCUT2D eigenvalue weighted by Gasteiger charge is 2.25. The molecule has 0 spiro atoms. The summed E-state index contributed by atoms with van der Waals surface area (Å²) in [5, 5.41) is 23.1. The van der Waals surface area contributed by atoms with Gasteiger partial charge in [-0.2, -0.15) is 0 Å². The maximum Gasteiger partial charge on any atom is 0.407 e. The van der Waals surface area contributed by atoms with E-state index in [9.17, 15) is 19.8 Å². The molecule has 0 radical (unpaired) electrons. The van der Waals surface area contributed by atoms with Crippen LogP contribution >= 0.6 is 0 Å². The van der Waals surface area contributed by atoms with Gasteiger partial charge in [0.05, 0.1) is 0 Å². The van der Waals surface area contributed by atoms with Gasteiger partial charge < -0.3 is 25.2 Å². The van der Waals surface area contributed by atoms with Gasteiger partial charge in [-0.05, 0) is 29.2 Å². The lowest BCUT2D eigenvalue weighted by Gasteiger charge is -2.20. The molecule has 2 amide bonds. The Morgan fingerprint density at radius 2 is 1.93 bits per heavy atom. The Hall–Kier alpha value is -2.90. The fourth-order valence-corrected chi connectivity index (χ4v) is 3.23. The smallest absolute Gasteiger partial charge is 0.407 e. The van der Waals surface area contributed by atoms with Crippen LogP contribution in [-0.2, 0) is 22.6 Å². The molecule has 7 heteroatoms. The highest BCUT2D eigenvalue weighted by Crippen LogP contribution is 2.31. The van der Waals surface area contributed by atoms with Gasteiger partial charge in [-0.1, -0.05) is 42.5 Å². The van der Waals surface area contributed by atoms with Crippen LogP contribution in [0.3, 0.4) is 0 Å². The van der Waals surface area contributed by atoms with Crippen molar-refractivity contribution >= 4 is 17.7 Å². The number of fused-ring (bicyclic) bond motifs is 1. The van der Waals surface area contributed by atoms with Crippen molar-refractivity contribution in [3.05, 3.63) is 65.2 Å². The highest BCUT2D eigenvalue weighted by molar-refractivity contribution is 5.93. The summed E-state index contributed by atoms with van der Waals surface area (Å²) in [6.45, 7) is 2.11. The first kappa shape index (κ1) is 19.9. The van der Waals surface area contributed by atoms with Gasteiger partial charge in [-0.15, -0.1) is 0 Å². The normalized spacial score (nSPS) is 14.9. The van der Waals surface area contributed by atoms with Crippen molar-refractivity contribution < 1.29 is 24.5 Å². The van der Waals surface area contributed by atoms with Crippen molar-refractivity contribution in [2.45, 2.75) is 32.2 Å². The molecule has 2 atom stereocenters. The van der Waals surface area contributed by atoms with Crippen LogP contribution in [0.25, 0.3) is 0 Å². The average molecular weight is 384 g/mol. The highest BCUT2D eigenvalue weighted by atomic mass is 16.5. The zero-order chi connectivity index (χ0) is 20.1. The molecule has 1 aliphatic rings. The molecular formula is C21H24N2O5. The monoisotopic (exact) mass is 384 g/mol. The summed E-state index contributed by atoms with van der Waals surface area (Å²) in [5.74, 6) is -0.0229. The third-order valence-corrected chi connectivity index (χ3v) is 4.75. The Balaban J connectivity index is 1.51. The molecule has 28 heavy (non-hydrogen) atoms. The molecule has 0 fully saturated rings. The van der Waals surface area contributed by atoms with Crippen molar-refractivity contribution in [1.29, 1.82) is 0 Å². The van der Waals surface area contributed by atoms with Crippen molar-refractivity contribution in [3.63, 3.8) is 0 Å². The van der Waals surface area contributed by atoms with E-state index in [2.05, 4.69) is 5.32 Å². The number of nitrogens with one attached hydrogen (secondary N) is 1. The van der Waals surface area contributed by atoms with E-state index in [1.54, 1.807) is 23.1 Å². The first-order valence-corrected chi connectivity index (χ1v) is 9.17. The minimum Gasteiger partial charge on any atom is -0.445 e. The van der Waals surface area contributed by atoms with Gasteiger partial charge in [0.2, 0.25) is 5.91 Å². The minimum atomic E-state index is -1.19. The average Bonchev–Trinajstić information content (AvgIpc) is 3.14. The lowest BCUT2D eigenvalue weighted by Crippen LogP contribution is -2.35. The van der Waals surface area contributed by atoms with Crippen LogP contribution in [0, 0.1) is 0 Å². The van der Waals surface area contributed by atoms with Crippen LogP contribution in [0.2, 0.25) is 0 Å². The molecule has 7 nitrogen and oxygen atoms in total. The number of hydrogen-bond donors (Lipinski definition) is 3. The van der Waals surface area contributed by atoms with Gasteiger partial charge in [0.1, 0.15) is 18.8 Å². The summed E-state index contributed by atoms with van der Waals surface area (Å²) >= 11 is 0. The maximum atomic E-state index is 11.8. The van der Waals surface area contributed by atoms with E-state index in [1.165, 1.54) is 6.92 Å². The molecule has 2 aromatic rings. The Kier molecular flexibility index (Phi) is 6.28. The van der Waals surface area contributed by atoms with E-state index in [4.69, 9.17) is 4.74 Å². The van der Waals surface area contributed by atoms with Crippen LogP contribution in [0.5, 0.6) is 0 Å². The van der Waals surface area contributed by atoms with Gasteiger partial charge in [0.25, 0.3) is 0 Å². The number of alkyl carbamates (subject to hydrolysis) is 1. The molecule has 0 bridgehead atoms. The number of aliphatic hydroxyl groups excluding tert-OH is 2. The number of carbonyl (C=O) groups excluding carboxylic acids is 2. The van der Waals surface area contributed by atoms with Crippen molar-refractivity contribution in [3.8, 4) is 0 Å². The molecule has 0 saturated heterocycles. The summed E-state index contributed by atoms with van der Waals surface area (Å²) in [4.78, 5) is 25.1. The van der Waals surface area contributed by atoms with Crippen molar-refractivity contribution in [2.75, 3.05) is 18.0 Å². The van der Waals surface area contributed by atoms with Gasteiger partial charge in [-0.3, -0.25) is 4.79 Å². The molecule has 2 aromatic carbocycles. The summed E-state index contributed by atoms with van der Waals surface area (Å²) in [6.07, 6.45) is -2.31. The Bertz CT molecular complexity index is 840. The number of benzene rings is 2. The second-order valence-corrected chi connectivity index (χ2v) is 6.76. The molecule has 3 N–H and O–H groups in total. The van der Waals surface area contributed by atoms with Crippen LogP contribution in [0.4, 0.5) is 10.5 Å². The minimum absolute atomic E-state index is 0.0229. The zero-order valence-electron chi connectivity index (χ0n) is 15.7. The number of aliphatic hydroxyl groups is 2. The van der Waals surface area contributed by atoms with E-state index in [1.807, 2.05) is 30.3 Å². The number of nitrogens with zero attached hydrogens (tertiary/aromatic N) is 1. The predicted octanol–water partition coefficient (Wildman–Crippen LogP) is 1.92. The van der Waals surface area contributed by atoms with E-state index >= 15 is 0 Å². The van der Waals surface area contributed by atoms with Gasteiger partial charge in [0.15, 0.2) is 0 Å². The summed E-state index contributed by atoms with van der Waals surface area (Å²) in [5.41, 5.74) is 3.18. The van der Waals surface area contributed by atoms with Crippen molar-refractivity contribution in [2.24, 2.45) is 0 Å². The van der Waals surface area contributed by atoms with E-state index in [-0.39, 0.29) is 19.1 Å². The van der Waals surface area contributed by atoms with Crippen LogP contribution in [0.1, 0.15) is 29.7 Å². The third kappa shape index (κ3) is 4.68. The molecule has 2 unspecified atom stereocenters. The van der Waals surface area contributed by atoms with Crippen LogP contribution in [0.15, 0.2) is 48.5 Å². The largest absolute Gasteiger partial charge is 0.445 e. The van der Waals surface area contributed by atoms with E-state index in [0.717, 1.165) is 16.8 Å². The number of anilines is 1. The number of amides is 2. The van der Waals surface area contributed by atoms with Crippen molar-refractivity contribution in [1.82, 2.24) is 5.32 Å². The molecule has 148 valence electrons. The molecular weight excluding hydrogens is 360 g/mol. The first-order chi connectivity index (χ1) is 13.5. The van der Waals surface area contributed by atoms with Crippen LogP contribution < -0.4 is 10.2 Å². The molecule has 3 rings (SSSR count). The van der Waals surface area contributed by atoms with Crippen LogP contribution in [-0.4, -0.2) is 41.4 Å². The lowest BCUT2D eigenvalue weighted by molar-refractivity contribution is -0.116. The Morgan fingerprint density at radius 1 is 1.18 bits per heavy atom. The SMILES string of the molecule is CC(=O)N1CCc2cc(C(O)C(O)CNC(=O)OCc3ccccc3)ccc21. The third-order valence-electron chi connectivity index (χ3n) is 4.75. The van der Waals surface area contributed by atoms with Gasteiger partial charge in [0, 0.05) is 25.7 Å². The Morgan fingerprint density at radius 3 is 2.64 bits per heavy atom. The fourth-order valence-electron chi connectivity index (χ4n) is 3.23.